The van der Waals surface area contributed by atoms with Crippen LogP contribution in [0.15, 0.2) is 54.6 Å². The van der Waals surface area contributed by atoms with Crippen LogP contribution >= 0.6 is 0 Å². The molecular weight excluding hydrogens is 292 g/mol. The van der Waals surface area contributed by atoms with Crippen LogP contribution in [0.5, 0.6) is 5.75 Å². The minimum atomic E-state index is -0.436. The number of carbonyl (C=O) groups excluding carboxylic acids is 1. The highest BCUT2D eigenvalue weighted by molar-refractivity contribution is 5.66. The lowest BCUT2D eigenvalue weighted by Crippen LogP contribution is -2.26. The molecular formula is C18H22N2O3. The van der Waals surface area contributed by atoms with Gasteiger partial charge in [0, 0.05) is 31.8 Å². The number of alkyl carbamates (subject to hydrolysis) is 1. The van der Waals surface area contributed by atoms with E-state index >= 15 is 0 Å². The third-order valence-corrected chi connectivity index (χ3v) is 3.43. The van der Waals surface area contributed by atoms with Crippen molar-refractivity contribution in [2.24, 2.45) is 0 Å². The van der Waals surface area contributed by atoms with Crippen LogP contribution in [-0.2, 0) is 4.74 Å². The van der Waals surface area contributed by atoms with Gasteiger partial charge in [0.1, 0.15) is 11.9 Å². The van der Waals surface area contributed by atoms with E-state index in [0.29, 0.717) is 13.0 Å². The Hall–Kier alpha value is -2.69. The Bertz CT molecular complexity index is 617. The number of nitrogens with one attached hydrogen (secondary N) is 2. The van der Waals surface area contributed by atoms with Gasteiger partial charge in [-0.15, -0.1) is 0 Å². The molecule has 0 radical (unpaired) electrons. The van der Waals surface area contributed by atoms with E-state index in [0.717, 1.165) is 17.0 Å². The molecule has 1 unspecified atom stereocenters. The number of hydrogen-bond acceptors (Lipinski definition) is 4. The number of hydrogen-bond donors (Lipinski definition) is 2. The fourth-order valence-corrected chi connectivity index (χ4v) is 2.23. The normalized spacial score (nSPS) is 11.4. The molecule has 2 rings (SSSR count). The zero-order valence-electron chi connectivity index (χ0n) is 13.4. The molecule has 0 aliphatic carbocycles. The third-order valence-electron chi connectivity index (χ3n) is 3.43. The summed E-state index contributed by atoms with van der Waals surface area (Å²) in [6.45, 7) is 0.470. The standard InChI is InChI=1S/C18H22N2O3/c1-19-15-9-6-10-16(13-15)23-17(11-12-20-18(21)22-2)14-7-4-3-5-8-14/h3-10,13,17,19H,11-12H2,1-2H3,(H,20,21). The van der Waals surface area contributed by atoms with E-state index in [-0.39, 0.29) is 6.10 Å². The van der Waals surface area contributed by atoms with Crippen LogP contribution in [-0.4, -0.2) is 26.8 Å². The Kier molecular flexibility index (Phi) is 6.29. The minimum absolute atomic E-state index is 0.152. The number of rotatable bonds is 7. The summed E-state index contributed by atoms with van der Waals surface area (Å²) in [5, 5.41) is 5.78. The Morgan fingerprint density at radius 1 is 1.13 bits per heavy atom. The van der Waals surface area contributed by atoms with Crippen molar-refractivity contribution < 1.29 is 14.3 Å². The highest BCUT2D eigenvalue weighted by Gasteiger charge is 2.14. The average molecular weight is 314 g/mol. The molecule has 2 N–H and O–H groups in total. The van der Waals surface area contributed by atoms with Crippen LogP contribution < -0.4 is 15.4 Å². The van der Waals surface area contributed by atoms with Gasteiger partial charge in [0.15, 0.2) is 0 Å². The highest BCUT2D eigenvalue weighted by atomic mass is 16.5. The first kappa shape index (κ1) is 16.7. The first-order valence-electron chi connectivity index (χ1n) is 7.54. The zero-order chi connectivity index (χ0) is 16.5. The van der Waals surface area contributed by atoms with Crippen LogP contribution in [0.4, 0.5) is 10.5 Å². The summed E-state index contributed by atoms with van der Waals surface area (Å²) in [5.74, 6) is 0.781. The largest absolute Gasteiger partial charge is 0.486 e. The second-order valence-electron chi connectivity index (χ2n) is 5.00. The van der Waals surface area contributed by atoms with Crippen LogP contribution in [0.1, 0.15) is 18.1 Å². The average Bonchev–Trinajstić information content (AvgIpc) is 2.61. The molecule has 122 valence electrons. The van der Waals surface area contributed by atoms with E-state index in [1.807, 2.05) is 61.6 Å². The van der Waals surface area contributed by atoms with Gasteiger partial charge >= 0.3 is 6.09 Å². The van der Waals surface area contributed by atoms with Gasteiger partial charge in [-0.3, -0.25) is 0 Å². The van der Waals surface area contributed by atoms with Crippen molar-refractivity contribution in [3.63, 3.8) is 0 Å². The maximum atomic E-state index is 11.2. The van der Waals surface area contributed by atoms with Crippen molar-refractivity contribution in [3.05, 3.63) is 60.2 Å². The predicted octanol–water partition coefficient (Wildman–Crippen LogP) is 3.59. The summed E-state index contributed by atoms with van der Waals surface area (Å²) in [6, 6.07) is 17.7. The van der Waals surface area contributed by atoms with Crippen LogP contribution in [0, 0.1) is 0 Å². The van der Waals surface area contributed by atoms with Crippen molar-refractivity contribution >= 4 is 11.8 Å². The fraction of sp³-hybridized carbons (Fsp3) is 0.278. The van der Waals surface area contributed by atoms with E-state index < -0.39 is 6.09 Å². The van der Waals surface area contributed by atoms with Crippen LogP contribution in [0.25, 0.3) is 0 Å². The second-order valence-corrected chi connectivity index (χ2v) is 5.00. The maximum Gasteiger partial charge on any atom is 0.406 e. The van der Waals surface area contributed by atoms with Gasteiger partial charge in [-0.25, -0.2) is 4.79 Å². The number of benzene rings is 2. The van der Waals surface area contributed by atoms with Crippen molar-refractivity contribution in [1.82, 2.24) is 5.32 Å². The Morgan fingerprint density at radius 2 is 1.91 bits per heavy atom. The van der Waals surface area contributed by atoms with Gasteiger partial charge in [-0.2, -0.15) is 0 Å². The fourth-order valence-electron chi connectivity index (χ4n) is 2.23. The van der Waals surface area contributed by atoms with E-state index in [1.54, 1.807) is 0 Å². The van der Waals surface area contributed by atoms with Crippen LogP contribution in [0.2, 0.25) is 0 Å². The molecule has 0 bridgehead atoms. The number of amides is 1. The predicted molar refractivity (Wildman–Crippen MR) is 90.8 cm³/mol. The topological polar surface area (TPSA) is 59.6 Å². The number of anilines is 1. The Morgan fingerprint density at radius 3 is 2.61 bits per heavy atom. The van der Waals surface area contributed by atoms with Gasteiger partial charge in [0.2, 0.25) is 0 Å². The number of methoxy groups -OCH3 is 1. The lowest BCUT2D eigenvalue weighted by atomic mass is 10.1. The highest BCUT2D eigenvalue weighted by Crippen LogP contribution is 2.26. The molecule has 0 aliphatic heterocycles. The zero-order valence-corrected chi connectivity index (χ0v) is 13.4. The van der Waals surface area contributed by atoms with Crippen molar-refractivity contribution in [3.8, 4) is 5.75 Å². The van der Waals surface area contributed by atoms with Gasteiger partial charge in [0.05, 0.1) is 7.11 Å². The Labute approximate surface area is 136 Å². The smallest absolute Gasteiger partial charge is 0.406 e. The molecule has 23 heavy (non-hydrogen) atoms. The van der Waals surface area contributed by atoms with Gasteiger partial charge < -0.3 is 20.1 Å². The minimum Gasteiger partial charge on any atom is -0.486 e. The lowest BCUT2D eigenvalue weighted by molar-refractivity contribution is 0.164. The molecule has 1 atom stereocenters. The molecule has 2 aromatic carbocycles. The molecule has 1 amide bonds. The van der Waals surface area contributed by atoms with Gasteiger partial charge in [-0.05, 0) is 17.7 Å². The summed E-state index contributed by atoms with van der Waals surface area (Å²) in [5.41, 5.74) is 2.05. The lowest BCUT2D eigenvalue weighted by Gasteiger charge is -2.20. The quantitative estimate of drug-likeness (QED) is 0.820. The van der Waals surface area contributed by atoms with E-state index in [1.165, 1.54) is 7.11 Å². The summed E-state index contributed by atoms with van der Waals surface area (Å²) in [7, 11) is 3.22. The molecule has 5 nitrogen and oxygen atoms in total. The summed E-state index contributed by atoms with van der Waals surface area (Å²) in [6.07, 6.45) is 0.0533. The van der Waals surface area contributed by atoms with Crippen LogP contribution in [0.3, 0.4) is 0 Å². The van der Waals surface area contributed by atoms with Crippen molar-refractivity contribution in [1.29, 1.82) is 0 Å². The summed E-state index contributed by atoms with van der Waals surface area (Å²) < 4.78 is 10.7. The molecule has 0 aromatic heterocycles. The monoisotopic (exact) mass is 314 g/mol. The molecule has 5 heteroatoms. The molecule has 0 saturated heterocycles. The maximum absolute atomic E-state index is 11.2. The SMILES string of the molecule is CNc1cccc(OC(CCNC(=O)OC)c2ccccc2)c1. The summed E-state index contributed by atoms with van der Waals surface area (Å²) in [4.78, 5) is 11.2. The second kappa shape index (κ2) is 8.68. The van der Waals surface area contributed by atoms with E-state index in [4.69, 9.17) is 4.74 Å². The molecule has 2 aromatic rings. The molecule has 0 heterocycles. The van der Waals surface area contributed by atoms with Crippen molar-refractivity contribution in [2.45, 2.75) is 12.5 Å². The molecule has 0 saturated carbocycles. The van der Waals surface area contributed by atoms with E-state index in [2.05, 4.69) is 15.4 Å². The van der Waals surface area contributed by atoms with Crippen molar-refractivity contribution in [2.75, 3.05) is 26.0 Å². The van der Waals surface area contributed by atoms with Gasteiger partial charge in [0.25, 0.3) is 0 Å². The molecule has 0 aliphatic rings. The number of carbonyl (C=O) groups is 1. The molecule has 0 fully saturated rings. The Balaban J connectivity index is 2.08. The summed E-state index contributed by atoms with van der Waals surface area (Å²) >= 11 is 0. The number of ether oxygens (including phenoxy) is 2. The third kappa shape index (κ3) is 5.21. The molecule has 0 spiro atoms. The first-order chi connectivity index (χ1) is 11.2. The van der Waals surface area contributed by atoms with Gasteiger partial charge in [-0.1, -0.05) is 36.4 Å². The van der Waals surface area contributed by atoms with E-state index in [9.17, 15) is 4.79 Å². The first-order valence-corrected chi connectivity index (χ1v) is 7.54.